The lowest BCUT2D eigenvalue weighted by molar-refractivity contribution is -0.131. The van der Waals surface area contributed by atoms with E-state index in [0.29, 0.717) is 6.42 Å². The molecule has 0 spiro atoms. The number of hydrogen-bond donors (Lipinski definition) is 4. The highest BCUT2D eigenvalue weighted by Crippen LogP contribution is 2.16. The molecule has 3 atom stereocenters. The summed E-state index contributed by atoms with van der Waals surface area (Å²) in [6.07, 6.45) is 59.2. The van der Waals surface area contributed by atoms with E-state index in [1.807, 2.05) is 6.08 Å². The van der Waals surface area contributed by atoms with Crippen molar-refractivity contribution in [1.29, 1.82) is 0 Å². The maximum atomic E-state index is 12.5. The van der Waals surface area contributed by atoms with Crippen LogP contribution in [-0.4, -0.2) is 46.1 Å². The van der Waals surface area contributed by atoms with E-state index in [2.05, 4.69) is 43.5 Å². The zero-order chi connectivity index (χ0) is 40.8. The van der Waals surface area contributed by atoms with Gasteiger partial charge in [-0.15, -0.1) is 0 Å². The van der Waals surface area contributed by atoms with E-state index in [1.165, 1.54) is 199 Å². The highest BCUT2D eigenvalue weighted by Gasteiger charge is 2.22. The first-order valence-electron chi connectivity index (χ1n) is 24.8. The van der Waals surface area contributed by atoms with Crippen LogP contribution in [0, 0.1) is 0 Å². The molecule has 0 saturated carbocycles. The number of carbonyl (C=O) groups excluding carboxylic acids is 1. The topological polar surface area (TPSA) is 89.8 Å². The van der Waals surface area contributed by atoms with Crippen LogP contribution in [0.3, 0.4) is 0 Å². The third kappa shape index (κ3) is 40.8. The average molecular weight is 788 g/mol. The summed E-state index contributed by atoms with van der Waals surface area (Å²) in [6.45, 7) is 4.17. The molecule has 0 aliphatic carbocycles. The maximum absolute atomic E-state index is 12.5. The number of allylic oxidation sites excluding steroid dienone is 5. The summed E-state index contributed by atoms with van der Waals surface area (Å²) in [5, 5.41) is 33.1. The van der Waals surface area contributed by atoms with Crippen molar-refractivity contribution in [3.8, 4) is 0 Å². The molecule has 0 aromatic carbocycles. The fourth-order valence-electron chi connectivity index (χ4n) is 7.55. The Kier molecular flexibility index (Phi) is 45.1. The molecule has 0 heterocycles. The van der Waals surface area contributed by atoms with Crippen molar-refractivity contribution in [2.45, 2.75) is 276 Å². The van der Waals surface area contributed by atoms with E-state index >= 15 is 0 Å². The van der Waals surface area contributed by atoms with E-state index in [0.717, 1.165) is 38.5 Å². The highest BCUT2D eigenvalue weighted by molar-refractivity contribution is 5.80. The van der Waals surface area contributed by atoms with Gasteiger partial charge in [0.2, 0.25) is 5.91 Å². The van der Waals surface area contributed by atoms with Crippen molar-refractivity contribution in [2.75, 3.05) is 6.61 Å². The van der Waals surface area contributed by atoms with Gasteiger partial charge >= 0.3 is 0 Å². The van der Waals surface area contributed by atoms with Crippen molar-refractivity contribution in [3.63, 3.8) is 0 Å². The Morgan fingerprint density at radius 2 is 0.732 bits per heavy atom. The van der Waals surface area contributed by atoms with Crippen molar-refractivity contribution in [3.05, 3.63) is 36.5 Å². The lowest BCUT2D eigenvalue weighted by Gasteiger charge is -2.21. The number of amides is 1. The first-order chi connectivity index (χ1) is 27.6. The second kappa shape index (κ2) is 46.3. The summed E-state index contributed by atoms with van der Waals surface area (Å²) < 4.78 is 0. The van der Waals surface area contributed by atoms with Crippen molar-refractivity contribution in [2.24, 2.45) is 0 Å². The molecule has 5 nitrogen and oxygen atoms in total. The van der Waals surface area contributed by atoms with Crippen molar-refractivity contribution >= 4 is 5.91 Å². The normalized spacial score (nSPS) is 13.7. The van der Waals surface area contributed by atoms with Crippen LogP contribution in [0.5, 0.6) is 0 Å². The Hall–Kier alpha value is -1.43. The number of hydrogen-bond acceptors (Lipinski definition) is 4. The van der Waals surface area contributed by atoms with E-state index in [-0.39, 0.29) is 6.61 Å². The SMILES string of the molecule is CCCCCCCCC/C=C/CC/C=C/C(O)C(CO)NC(=O)C(O)CCCCCCCCCCCCCCC/C=C\CCCCCCCCCCCCCC. The molecule has 0 radical (unpaired) electrons. The highest BCUT2D eigenvalue weighted by atomic mass is 16.3. The number of carbonyl (C=O) groups is 1. The van der Waals surface area contributed by atoms with Gasteiger partial charge in [-0.05, 0) is 57.8 Å². The zero-order valence-electron chi connectivity index (χ0n) is 37.5. The molecule has 0 rings (SSSR count). The third-order valence-electron chi connectivity index (χ3n) is 11.5. The molecule has 0 aromatic heterocycles. The minimum absolute atomic E-state index is 0.375. The van der Waals surface area contributed by atoms with Crippen LogP contribution in [0.15, 0.2) is 36.5 Å². The van der Waals surface area contributed by atoms with Crippen LogP contribution < -0.4 is 5.32 Å². The van der Waals surface area contributed by atoms with Crippen LogP contribution in [0.1, 0.15) is 258 Å². The average Bonchev–Trinajstić information content (AvgIpc) is 3.20. The number of aliphatic hydroxyl groups is 3. The predicted molar refractivity (Wildman–Crippen MR) is 245 cm³/mol. The maximum Gasteiger partial charge on any atom is 0.249 e. The van der Waals surface area contributed by atoms with E-state index < -0.39 is 24.2 Å². The zero-order valence-corrected chi connectivity index (χ0v) is 37.5. The standard InChI is InChI=1S/C51H97NO4/c1-3-5-7-9-11-13-15-17-18-19-20-21-22-23-24-25-26-27-28-29-30-31-32-34-36-38-40-42-44-46-50(55)51(56)52-48(47-53)49(54)45-43-41-39-37-35-33-16-14-12-10-8-6-4-2/h23-24,35,37,43,45,48-50,53-55H,3-22,25-34,36,38-42,44,46-47H2,1-2H3,(H,52,56)/b24-23-,37-35+,45-43+. The number of nitrogens with one attached hydrogen (secondary N) is 1. The van der Waals surface area contributed by atoms with Gasteiger partial charge in [-0.1, -0.05) is 237 Å². The summed E-state index contributed by atoms with van der Waals surface area (Å²) >= 11 is 0. The first-order valence-corrected chi connectivity index (χ1v) is 24.8. The van der Waals surface area contributed by atoms with E-state index in [9.17, 15) is 20.1 Å². The number of unbranched alkanes of at least 4 members (excludes halogenated alkanes) is 33. The second-order valence-electron chi connectivity index (χ2n) is 17.0. The lowest BCUT2D eigenvalue weighted by Crippen LogP contribution is -2.48. The van der Waals surface area contributed by atoms with Gasteiger partial charge in [0.25, 0.3) is 0 Å². The molecule has 56 heavy (non-hydrogen) atoms. The molecule has 0 saturated heterocycles. The van der Waals surface area contributed by atoms with Crippen molar-refractivity contribution < 1.29 is 20.1 Å². The third-order valence-corrected chi connectivity index (χ3v) is 11.5. The lowest BCUT2D eigenvalue weighted by atomic mass is 10.0. The van der Waals surface area contributed by atoms with Crippen LogP contribution in [-0.2, 0) is 4.79 Å². The molecule has 5 heteroatoms. The fourth-order valence-corrected chi connectivity index (χ4v) is 7.55. The van der Waals surface area contributed by atoms with Crippen LogP contribution in [0.2, 0.25) is 0 Å². The molecule has 330 valence electrons. The predicted octanol–water partition coefficient (Wildman–Crippen LogP) is 14.7. The summed E-state index contributed by atoms with van der Waals surface area (Å²) in [6, 6.07) is -0.813. The summed E-state index contributed by atoms with van der Waals surface area (Å²) in [5.74, 6) is -0.512. The molecule has 0 aliphatic heterocycles. The Morgan fingerprint density at radius 1 is 0.429 bits per heavy atom. The molecule has 1 amide bonds. The van der Waals surface area contributed by atoms with Gasteiger partial charge in [0.1, 0.15) is 6.10 Å². The van der Waals surface area contributed by atoms with Crippen LogP contribution >= 0.6 is 0 Å². The minimum Gasteiger partial charge on any atom is -0.394 e. The molecular formula is C51H97NO4. The number of rotatable bonds is 45. The molecular weight excluding hydrogens is 691 g/mol. The molecule has 4 N–H and O–H groups in total. The second-order valence-corrected chi connectivity index (χ2v) is 17.0. The van der Waals surface area contributed by atoms with Gasteiger partial charge in [0.05, 0.1) is 18.8 Å². The summed E-state index contributed by atoms with van der Waals surface area (Å²) in [4.78, 5) is 12.5. The summed E-state index contributed by atoms with van der Waals surface area (Å²) in [5.41, 5.74) is 0. The van der Waals surface area contributed by atoms with Crippen LogP contribution in [0.25, 0.3) is 0 Å². The monoisotopic (exact) mass is 788 g/mol. The molecule has 0 fully saturated rings. The summed E-state index contributed by atoms with van der Waals surface area (Å²) in [7, 11) is 0. The smallest absolute Gasteiger partial charge is 0.249 e. The minimum atomic E-state index is -1.10. The van der Waals surface area contributed by atoms with Gasteiger partial charge in [0.15, 0.2) is 0 Å². The van der Waals surface area contributed by atoms with Gasteiger partial charge in [-0.25, -0.2) is 0 Å². The van der Waals surface area contributed by atoms with Gasteiger partial charge in [-0.2, -0.15) is 0 Å². The van der Waals surface area contributed by atoms with Crippen molar-refractivity contribution in [1.82, 2.24) is 5.32 Å². The number of aliphatic hydroxyl groups excluding tert-OH is 3. The first kappa shape index (κ1) is 54.6. The van der Waals surface area contributed by atoms with Gasteiger partial charge < -0.3 is 20.6 Å². The molecule has 0 bridgehead atoms. The Balaban J connectivity index is 3.57. The molecule has 3 unspecified atom stereocenters. The van der Waals surface area contributed by atoms with Crippen LogP contribution in [0.4, 0.5) is 0 Å². The molecule has 0 aliphatic rings. The Labute approximate surface area is 349 Å². The molecule has 0 aromatic rings. The van der Waals surface area contributed by atoms with Gasteiger partial charge in [-0.3, -0.25) is 4.79 Å². The van der Waals surface area contributed by atoms with E-state index in [1.54, 1.807) is 6.08 Å². The quantitative estimate of drug-likeness (QED) is 0.0365. The van der Waals surface area contributed by atoms with E-state index in [4.69, 9.17) is 0 Å². The Morgan fingerprint density at radius 3 is 1.09 bits per heavy atom. The largest absolute Gasteiger partial charge is 0.394 e. The van der Waals surface area contributed by atoms with Gasteiger partial charge in [0, 0.05) is 0 Å². The Bertz CT molecular complexity index is 870. The fraction of sp³-hybridized carbons (Fsp3) is 0.863.